The fourth-order valence-electron chi connectivity index (χ4n) is 11.5. The first-order chi connectivity index (χ1) is 31.2. The van der Waals surface area contributed by atoms with Crippen molar-refractivity contribution in [2.75, 3.05) is 0 Å². The third-order valence-corrected chi connectivity index (χ3v) is 13.9. The SMILES string of the molecule is C1=CNC(c2nc(-c3ccc4c(c3)C3(c5cc6c(cc5-4)oc4ccccc46)c4ccccc4C4(c5ccccc5-c5ccccc54)c4ccccc43)nc(-c3ccccn3)n2)C=C1. The molecule has 63 heavy (non-hydrogen) atoms. The van der Waals surface area contributed by atoms with Crippen LogP contribution in [0, 0.1) is 0 Å². The molecule has 0 saturated heterocycles. The molecule has 0 amide bonds. The summed E-state index contributed by atoms with van der Waals surface area (Å²) in [5.41, 5.74) is 17.1. The van der Waals surface area contributed by atoms with Crippen molar-refractivity contribution in [3.8, 4) is 45.2 Å². The molecule has 2 spiro atoms. The average molecular weight is 806 g/mol. The van der Waals surface area contributed by atoms with E-state index in [1.807, 2.05) is 42.6 Å². The van der Waals surface area contributed by atoms with Gasteiger partial charge in [0.1, 0.15) is 22.9 Å². The lowest BCUT2D eigenvalue weighted by molar-refractivity contribution is 0.633. The van der Waals surface area contributed by atoms with E-state index in [-0.39, 0.29) is 6.04 Å². The lowest BCUT2D eigenvalue weighted by Crippen LogP contribution is -2.43. The van der Waals surface area contributed by atoms with Crippen molar-refractivity contribution in [1.82, 2.24) is 25.3 Å². The van der Waals surface area contributed by atoms with Gasteiger partial charge in [-0.25, -0.2) is 15.0 Å². The molecule has 0 radical (unpaired) electrons. The van der Waals surface area contributed by atoms with Gasteiger partial charge < -0.3 is 9.73 Å². The van der Waals surface area contributed by atoms with Crippen molar-refractivity contribution < 1.29 is 4.42 Å². The summed E-state index contributed by atoms with van der Waals surface area (Å²) in [7, 11) is 0. The predicted molar refractivity (Wildman–Crippen MR) is 248 cm³/mol. The van der Waals surface area contributed by atoms with E-state index in [1.54, 1.807) is 6.20 Å². The minimum absolute atomic E-state index is 0.222. The number of nitrogens with zero attached hydrogens (tertiary/aromatic N) is 4. The second kappa shape index (κ2) is 12.7. The Morgan fingerprint density at radius 1 is 0.444 bits per heavy atom. The second-order valence-corrected chi connectivity index (χ2v) is 16.9. The van der Waals surface area contributed by atoms with Gasteiger partial charge >= 0.3 is 0 Å². The molecule has 3 aromatic heterocycles. The van der Waals surface area contributed by atoms with E-state index in [0.29, 0.717) is 23.2 Å². The normalized spacial score (nSPS) is 16.3. The Labute approximate surface area is 363 Å². The van der Waals surface area contributed by atoms with Gasteiger partial charge in [0, 0.05) is 22.5 Å². The lowest BCUT2D eigenvalue weighted by atomic mass is 9.52. The highest BCUT2D eigenvalue weighted by Gasteiger charge is 2.59. The summed E-state index contributed by atoms with van der Waals surface area (Å²) in [6, 6.07) is 61.9. The molecule has 1 aliphatic heterocycles. The molecule has 0 bridgehead atoms. The van der Waals surface area contributed by atoms with E-state index in [0.717, 1.165) is 38.6 Å². The van der Waals surface area contributed by atoms with Crippen LogP contribution in [0.3, 0.4) is 0 Å². The van der Waals surface area contributed by atoms with Gasteiger partial charge in [0.15, 0.2) is 17.5 Å². The summed E-state index contributed by atoms with van der Waals surface area (Å²) in [6.45, 7) is 0. The first-order valence-corrected chi connectivity index (χ1v) is 21.5. The van der Waals surface area contributed by atoms with Crippen LogP contribution in [0.2, 0.25) is 0 Å². The molecule has 1 atom stereocenters. The highest BCUT2D eigenvalue weighted by atomic mass is 16.3. The van der Waals surface area contributed by atoms with Gasteiger partial charge in [-0.05, 0) is 115 Å². The molecular formula is C57H35N5O. The van der Waals surface area contributed by atoms with Crippen LogP contribution in [-0.4, -0.2) is 19.9 Å². The maximum absolute atomic E-state index is 6.63. The largest absolute Gasteiger partial charge is 0.456 e. The van der Waals surface area contributed by atoms with Crippen LogP contribution in [0.15, 0.2) is 205 Å². The zero-order valence-corrected chi connectivity index (χ0v) is 33.8. The Hall–Kier alpha value is -8.22. The van der Waals surface area contributed by atoms with Crippen LogP contribution in [0.4, 0.5) is 0 Å². The van der Waals surface area contributed by atoms with E-state index >= 15 is 0 Å². The summed E-state index contributed by atoms with van der Waals surface area (Å²) >= 11 is 0. The summed E-state index contributed by atoms with van der Waals surface area (Å²) in [4.78, 5) is 20.0. The Morgan fingerprint density at radius 2 is 1.05 bits per heavy atom. The maximum atomic E-state index is 6.63. The van der Waals surface area contributed by atoms with Crippen LogP contribution >= 0.6 is 0 Å². The molecule has 3 aliphatic carbocycles. The molecule has 6 heteroatoms. The lowest BCUT2D eigenvalue weighted by Gasteiger charge is -2.48. The number of hydrogen-bond donors (Lipinski definition) is 1. The van der Waals surface area contributed by atoms with Gasteiger partial charge in [-0.2, -0.15) is 0 Å². The molecule has 4 aliphatic rings. The number of benzene rings is 7. The van der Waals surface area contributed by atoms with E-state index in [9.17, 15) is 0 Å². The molecule has 10 aromatic rings. The number of hydrogen-bond acceptors (Lipinski definition) is 6. The Kier molecular flexibility index (Phi) is 6.93. The predicted octanol–water partition coefficient (Wildman–Crippen LogP) is 12.3. The van der Waals surface area contributed by atoms with Crippen LogP contribution in [-0.2, 0) is 10.8 Å². The number of para-hydroxylation sites is 1. The third kappa shape index (κ3) is 4.46. The Morgan fingerprint density at radius 3 is 1.73 bits per heavy atom. The van der Waals surface area contributed by atoms with Crippen molar-refractivity contribution in [3.05, 3.63) is 251 Å². The first kappa shape index (κ1) is 34.5. The van der Waals surface area contributed by atoms with Crippen LogP contribution in [0.5, 0.6) is 0 Å². The Balaban J connectivity index is 1.10. The molecule has 6 nitrogen and oxygen atoms in total. The van der Waals surface area contributed by atoms with Crippen molar-refractivity contribution >= 4 is 21.9 Å². The molecule has 0 fully saturated rings. The molecule has 294 valence electrons. The van der Waals surface area contributed by atoms with Crippen LogP contribution in [0.1, 0.15) is 56.4 Å². The average Bonchev–Trinajstić information content (AvgIpc) is 3.97. The quantitative estimate of drug-likeness (QED) is 0.192. The maximum Gasteiger partial charge on any atom is 0.182 e. The fourth-order valence-corrected chi connectivity index (χ4v) is 11.5. The molecule has 14 rings (SSSR count). The van der Waals surface area contributed by atoms with Gasteiger partial charge in [-0.3, -0.25) is 4.98 Å². The van der Waals surface area contributed by atoms with Crippen LogP contribution < -0.4 is 5.32 Å². The van der Waals surface area contributed by atoms with Gasteiger partial charge in [-0.15, -0.1) is 0 Å². The molecular weight excluding hydrogens is 771 g/mol. The number of aromatic nitrogens is 4. The topological polar surface area (TPSA) is 76.7 Å². The summed E-state index contributed by atoms with van der Waals surface area (Å²) in [5, 5.41) is 5.64. The zero-order chi connectivity index (χ0) is 41.3. The number of nitrogens with one attached hydrogen (secondary N) is 1. The fraction of sp³-hybridized carbons (Fsp3) is 0.0526. The van der Waals surface area contributed by atoms with Gasteiger partial charge in [0.25, 0.3) is 0 Å². The monoisotopic (exact) mass is 805 g/mol. The molecule has 1 N–H and O–H groups in total. The number of rotatable bonds is 3. The van der Waals surface area contributed by atoms with Crippen LogP contribution in [0.25, 0.3) is 67.1 Å². The van der Waals surface area contributed by atoms with Gasteiger partial charge in [-0.1, -0.05) is 146 Å². The summed E-state index contributed by atoms with van der Waals surface area (Å²) in [6.07, 6.45) is 9.77. The molecule has 0 saturated carbocycles. The minimum Gasteiger partial charge on any atom is -0.456 e. The van der Waals surface area contributed by atoms with Gasteiger partial charge in [0.05, 0.1) is 10.8 Å². The van der Waals surface area contributed by atoms with E-state index in [2.05, 4.69) is 162 Å². The number of pyridine rings is 1. The zero-order valence-electron chi connectivity index (χ0n) is 33.8. The van der Waals surface area contributed by atoms with Crippen molar-refractivity contribution in [1.29, 1.82) is 0 Å². The number of fused-ring (bicyclic) bond motifs is 19. The molecule has 7 aromatic carbocycles. The van der Waals surface area contributed by atoms with E-state index in [1.165, 1.54) is 55.6 Å². The highest BCUT2D eigenvalue weighted by molar-refractivity contribution is 6.08. The number of furan rings is 1. The molecule has 4 heterocycles. The van der Waals surface area contributed by atoms with Crippen molar-refractivity contribution in [3.63, 3.8) is 0 Å². The second-order valence-electron chi connectivity index (χ2n) is 16.9. The first-order valence-electron chi connectivity index (χ1n) is 21.5. The molecule has 1 unspecified atom stereocenters. The van der Waals surface area contributed by atoms with E-state index in [4.69, 9.17) is 19.4 Å². The summed E-state index contributed by atoms with van der Waals surface area (Å²) in [5.74, 6) is 1.74. The Bertz CT molecular complexity index is 3540. The standard InChI is InChI=1S/C57H35N5O/c1-4-18-41-35(15-1)36-16-2-5-19-42(36)56(41)43-20-6-8-22-45(43)57(46-23-9-7-21-44(46)56)47-31-34(27-28-37(47)39-33-52-40(32-48(39)57)38-17-3-10-26-51(38)63-52)53-60-54(49-24-11-13-29-58-49)62-55(61-53)50-25-12-14-30-59-50/h1-33,49,58H. The minimum atomic E-state index is -0.726. The highest BCUT2D eigenvalue weighted by Crippen LogP contribution is 2.68. The van der Waals surface area contributed by atoms with E-state index < -0.39 is 10.8 Å². The number of allylic oxidation sites excluding steroid dienone is 2. The van der Waals surface area contributed by atoms with Crippen molar-refractivity contribution in [2.45, 2.75) is 16.9 Å². The smallest absolute Gasteiger partial charge is 0.182 e. The summed E-state index contributed by atoms with van der Waals surface area (Å²) < 4.78 is 6.63. The van der Waals surface area contributed by atoms with Gasteiger partial charge in [0.2, 0.25) is 0 Å². The number of dihydropyridines is 1. The third-order valence-electron chi connectivity index (χ3n) is 13.9. The van der Waals surface area contributed by atoms with Crippen molar-refractivity contribution in [2.24, 2.45) is 0 Å².